The molecular weight excluding hydrogens is 210 g/mol. The van der Waals surface area contributed by atoms with Crippen LogP contribution in [-0.2, 0) is 4.79 Å². The third-order valence-corrected chi connectivity index (χ3v) is 3.70. The van der Waals surface area contributed by atoms with Crippen molar-refractivity contribution in [1.82, 2.24) is 4.90 Å². The summed E-state index contributed by atoms with van der Waals surface area (Å²) in [6.45, 7) is 8.41. The fourth-order valence-corrected chi connectivity index (χ4v) is 2.72. The van der Waals surface area contributed by atoms with E-state index >= 15 is 0 Å². The summed E-state index contributed by atoms with van der Waals surface area (Å²) in [5.41, 5.74) is 0.285. The highest BCUT2D eigenvalue weighted by Crippen LogP contribution is 2.22. The first kappa shape index (κ1) is 12.8. The van der Waals surface area contributed by atoms with Crippen molar-refractivity contribution >= 4 is 17.7 Å². The zero-order valence-corrected chi connectivity index (χ0v) is 10.6. The van der Waals surface area contributed by atoms with Crippen molar-refractivity contribution in [3.8, 4) is 0 Å². The Bertz CT molecular complexity index is 225. The van der Waals surface area contributed by atoms with E-state index in [4.69, 9.17) is 5.11 Å². The second-order valence-corrected chi connectivity index (χ2v) is 6.43. The van der Waals surface area contributed by atoms with Gasteiger partial charge in [-0.25, -0.2) is 0 Å². The molecule has 1 unspecified atom stereocenters. The summed E-state index contributed by atoms with van der Waals surface area (Å²) in [4.78, 5) is 13.1. The van der Waals surface area contributed by atoms with Crippen LogP contribution in [-0.4, -0.2) is 46.6 Å². The molecule has 0 aliphatic carbocycles. The normalized spacial score (nSPS) is 24.1. The maximum atomic E-state index is 11.0. The van der Waals surface area contributed by atoms with E-state index in [1.807, 2.05) is 0 Å². The van der Waals surface area contributed by atoms with Crippen LogP contribution >= 0.6 is 11.8 Å². The largest absolute Gasteiger partial charge is 0.480 e. The molecule has 1 aliphatic rings. The van der Waals surface area contributed by atoms with Crippen LogP contribution in [0.15, 0.2) is 0 Å². The smallest absolute Gasteiger partial charge is 0.321 e. The minimum Gasteiger partial charge on any atom is -0.480 e. The van der Waals surface area contributed by atoms with E-state index in [0.29, 0.717) is 0 Å². The van der Waals surface area contributed by atoms with Gasteiger partial charge in [0.1, 0.15) is 6.04 Å². The Morgan fingerprint density at radius 3 is 2.73 bits per heavy atom. The van der Waals surface area contributed by atoms with Gasteiger partial charge in [-0.1, -0.05) is 20.8 Å². The fourth-order valence-electron chi connectivity index (χ4n) is 1.61. The van der Waals surface area contributed by atoms with Crippen LogP contribution < -0.4 is 0 Å². The summed E-state index contributed by atoms with van der Waals surface area (Å²) < 4.78 is 0. The SMILES string of the molecule is CC(C)(C)CCN1CCSCC1C(=O)O. The molecule has 0 aromatic carbocycles. The van der Waals surface area contributed by atoms with Gasteiger partial charge < -0.3 is 5.11 Å². The molecular formula is C11H21NO2S. The van der Waals surface area contributed by atoms with E-state index in [-0.39, 0.29) is 11.5 Å². The van der Waals surface area contributed by atoms with Crippen molar-refractivity contribution in [3.63, 3.8) is 0 Å². The van der Waals surface area contributed by atoms with Crippen molar-refractivity contribution < 1.29 is 9.90 Å². The van der Waals surface area contributed by atoms with E-state index in [0.717, 1.165) is 31.0 Å². The van der Waals surface area contributed by atoms with Crippen LogP contribution in [0, 0.1) is 5.41 Å². The summed E-state index contributed by atoms with van der Waals surface area (Å²) in [5.74, 6) is 1.13. The Balaban J connectivity index is 2.46. The van der Waals surface area contributed by atoms with Gasteiger partial charge in [-0.3, -0.25) is 9.69 Å². The molecule has 88 valence electrons. The van der Waals surface area contributed by atoms with Gasteiger partial charge in [-0.15, -0.1) is 0 Å². The zero-order valence-electron chi connectivity index (χ0n) is 9.82. The Labute approximate surface area is 96.2 Å². The molecule has 1 N–H and O–H groups in total. The van der Waals surface area contributed by atoms with E-state index in [2.05, 4.69) is 25.7 Å². The van der Waals surface area contributed by atoms with Gasteiger partial charge in [0.05, 0.1) is 0 Å². The Morgan fingerprint density at radius 2 is 2.20 bits per heavy atom. The molecule has 1 heterocycles. The van der Waals surface area contributed by atoms with Crippen LogP contribution in [0.1, 0.15) is 27.2 Å². The molecule has 0 spiro atoms. The second-order valence-electron chi connectivity index (χ2n) is 5.28. The third-order valence-electron chi connectivity index (χ3n) is 2.67. The summed E-state index contributed by atoms with van der Waals surface area (Å²) in [6, 6.07) is -0.272. The number of nitrogens with zero attached hydrogens (tertiary/aromatic N) is 1. The average Bonchev–Trinajstić information content (AvgIpc) is 2.14. The van der Waals surface area contributed by atoms with Gasteiger partial charge in [-0.2, -0.15) is 11.8 Å². The van der Waals surface area contributed by atoms with E-state index in [1.165, 1.54) is 0 Å². The monoisotopic (exact) mass is 231 g/mol. The maximum absolute atomic E-state index is 11.0. The molecule has 1 aliphatic heterocycles. The quantitative estimate of drug-likeness (QED) is 0.805. The Kier molecular flexibility index (Phi) is 4.46. The number of aliphatic carboxylic acids is 1. The highest BCUT2D eigenvalue weighted by Gasteiger charge is 2.29. The van der Waals surface area contributed by atoms with Crippen LogP contribution in [0.2, 0.25) is 0 Å². The minimum atomic E-state index is -0.670. The van der Waals surface area contributed by atoms with Crippen molar-refractivity contribution in [1.29, 1.82) is 0 Å². The topological polar surface area (TPSA) is 40.5 Å². The molecule has 3 nitrogen and oxygen atoms in total. The molecule has 0 amide bonds. The van der Waals surface area contributed by atoms with Gasteiger partial charge >= 0.3 is 5.97 Å². The summed E-state index contributed by atoms with van der Waals surface area (Å²) >= 11 is 1.75. The number of carbonyl (C=O) groups is 1. The third kappa shape index (κ3) is 4.43. The van der Waals surface area contributed by atoms with Crippen LogP contribution in [0.25, 0.3) is 0 Å². The first-order valence-electron chi connectivity index (χ1n) is 5.45. The first-order chi connectivity index (χ1) is 6.90. The maximum Gasteiger partial charge on any atom is 0.321 e. The molecule has 1 rings (SSSR count). The Hall–Kier alpha value is -0.220. The lowest BCUT2D eigenvalue weighted by Gasteiger charge is -2.34. The first-order valence-corrected chi connectivity index (χ1v) is 6.60. The van der Waals surface area contributed by atoms with Crippen LogP contribution in [0.3, 0.4) is 0 Å². The molecule has 1 atom stereocenters. The van der Waals surface area contributed by atoms with Gasteiger partial charge in [0, 0.05) is 18.1 Å². The molecule has 15 heavy (non-hydrogen) atoms. The lowest BCUT2D eigenvalue weighted by atomic mass is 9.92. The van der Waals surface area contributed by atoms with Crippen molar-refractivity contribution in [2.45, 2.75) is 33.2 Å². The molecule has 0 radical (unpaired) electrons. The fraction of sp³-hybridized carbons (Fsp3) is 0.909. The number of hydrogen-bond donors (Lipinski definition) is 1. The van der Waals surface area contributed by atoms with Gasteiger partial charge in [0.15, 0.2) is 0 Å². The molecule has 0 bridgehead atoms. The van der Waals surface area contributed by atoms with Crippen molar-refractivity contribution in [3.05, 3.63) is 0 Å². The number of hydrogen-bond acceptors (Lipinski definition) is 3. The Morgan fingerprint density at radius 1 is 1.53 bits per heavy atom. The predicted octanol–water partition coefficient (Wildman–Crippen LogP) is 1.92. The number of carboxylic acids is 1. The molecule has 1 fully saturated rings. The predicted molar refractivity (Wildman–Crippen MR) is 64.4 cm³/mol. The van der Waals surface area contributed by atoms with Crippen molar-refractivity contribution in [2.24, 2.45) is 5.41 Å². The minimum absolute atomic E-state index is 0.272. The lowest BCUT2D eigenvalue weighted by Crippen LogP contribution is -2.48. The summed E-state index contributed by atoms with van der Waals surface area (Å²) in [6.07, 6.45) is 1.06. The average molecular weight is 231 g/mol. The summed E-state index contributed by atoms with van der Waals surface area (Å²) in [7, 11) is 0. The molecule has 0 saturated carbocycles. The zero-order chi connectivity index (χ0) is 11.5. The highest BCUT2D eigenvalue weighted by molar-refractivity contribution is 7.99. The van der Waals surface area contributed by atoms with Gasteiger partial charge in [0.25, 0.3) is 0 Å². The van der Waals surface area contributed by atoms with Crippen LogP contribution in [0.5, 0.6) is 0 Å². The molecule has 1 saturated heterocycles. The number of thioether (sulfide) groups is 1. The number of carboxylic acid groups (broad SMARTS) is 1. The number of rotatable bonds is 3. The van der Waals surface area contributed by atoms with Crippen LogP contribution in [0.4, 0.5) is 0 Å². The molecule has 4 heteroatoms. The van der Waals surface area contributed by atoms with Crippen molar-refractivity contribution in [2.75, 3.05) is 24.6 Å². The molecule has 0 aromatic heterocycles. The highest BCUT2D eigenvalue weighted by atomic mass is 32.2. The summed E-state index contributed by atoms with van der Waals surface area (Å²) in [5, 5.41) is 9.08. The standard InChI is InChI=1S/C11H21NO2S/c1-11(2,3)4-5-12-6-7-15-8-9(12)10(13)14/h9H,4-8H2,1-3H3,(H,13,14). The van der Waals surface area contributed by atoms with E-state index < -0.39 is 5.97 Å². The lowest BCUT2D eigenvalue weighted by molar-refractivity contribution is -0.142. The van der Waals surface area contributed by atoms with Gasteiger partial charge in [-0.05, 0) is 18.4 Å². The molecule has 0 aromatic rings. The van der Waals surface area contributed by atoms with E-state index in [9.17, 15) is 4.79 Å². The van der Waals surface area contributed by atoms with Gasteiger partial charge in [0.2, 0.25) is 0 Å². The second kappa shape index (κ2) is 5.21. The van der Waals surface area contributed by atoms with E-state index in [1.54, 1.807) is 11.8 Å².